The molecule has 12 heavy (non-hydrogen) atoms. The number of nitrogens with zero attached hydrogens (tertiary/aromatic N) is 1. The Labute approximate surface area is 74.8 Å². The van der Waals surface area contributed by atoms with E-state index in [1.165, 1.54) is 5.56 Å². The molecule has 0 unspecified atom stereocenters. The van der Waals surface area contributed by atoms with Gasteiger partial charge in [0, 0.05) is 6.20 Å². The van der Waals surface area contributed by atoms with E-state index in [9.17, 15) is 0 Å². The molecule has 0 aromatic carbocycles. The molecule has 68 valence electrons. The van der Waals surface area contributed by atoms with Crippen molar-refractivity contribution in [1.82, 2.24) is 4.98 Å². The SMILES string of the molecule is CC.CC(C)c1ccncc1N. The lowest BCUT2D eigenvalue weighted by molar-refractivity contribution is 0.866. The third-order valence-corrected chi connectivity index (χ3v) is 1.51. The van der Waals surface area contributed by atoms with Crippen LogP contribution < -0.4 is 5.73 Å². The Bertz CT molecular complexity index is 219. The summed E-state index contributed by atoms with van der Waals surface area (Å²) in [7, 11) is 0. The first-order valence-corrected chi connectivity index (χ1v) is 4.41. The number of hydrogen-bond donors (Lipinski definition) is 1. The number of hydrogen-bond acceptors (Lipinski definition) is 2. The van der Waals surface area contributed by atoms with E-state index in [2.05, 4.69) is 18.8 Å². The van der Waals surface area contributed by atoms with Crippen molar-refractivity contribution in [3.8, 4) is 0 Å². The fraction of sp³-hybridized carbons (Fsp3) is 0.500. The van der Waals surface area contributed by atoms with E-state index in [4.69, 9.17) is 5.73 Å². The zero-order valence-electron chi connectivity index (χ0n) is 8.33. The average Bonchev–Trinajstić information content (AvgIpc) is 2.08. The molecule has 1 heterocycles. The Hall–Kier alpha value is -1.05. The molecule has 2 heteroatoms. The van der Waals surface area contributed by atoms with Gasteiger partial charge in [-0.05, 0) is 17.5 Å². The van der Waals surface area contributed by atoms with Crippen LogP contribution in [-0.4, -0.2) is 4.98 Å². The van der Waals surface area contributed by atoms with E-state index in [0.717, 1.165) is 5.69 Å². The molecule has 0 radical (unpaired) electrons. The van der Waals surface area contributed by atoms with Crippen LogP contribution in [0.4, 0.5) is 5.69 Å². The zero-order chi connectivity index (χ0) is 9.56. The van der Waals surface area contributed by atoms with Gasteiger partial charge in [0.1, 0.15) is 0 Å². The van der Waals surface area contributed by atoms with Crippen molar-refractivity contribution >= 4 is 5.69 Å². The molecule has 0 saturated carbocycles. The first-order chi connectivity index (χ1) is 5.72. The molecule has 0 bridgehead atoms. The second-order valence-corrected chi connectivity index (χ2v) is 2.66. The van der Waals surface area contributed by atoms with Crippen molar-refractivity contribution in [3.05, 3.63) is 24.0 Å². The minimum atomic E-state index is 0.489. The minimum absolute atomic E-state index is 0.489. The van der Waals surface area contributed by atoms with E-state index in [-0.39, 0.29) is 0 Å². The summed E-state index contributed by atoms with van der Waals surface area (Å²) in [5.41, 5.74) is 7.62. The molecule has 0 aliphatic carbocycles. The molecule has 2 N–H and O–H groups in total. The number of anilines is 1. The summed E-state index contributed by atoms with van der Waals surface area (Å²) in [6.45, 7) is 8.23. The predicted molar refractivity (Wildman–Crippen MR) is 54.1 cm³/mol. The van der Waals surface area contributed by atoms with Crippen molar-refractivity contribution < 1.29 is 0 Å². The smallest absolute Gasteiger partial charge is 0.0535 e. The van der Waals surface area contributed by atoms with Crippen molar-refractivity contribution in [2.75, 3.05) is 5.73 Å². The van der Waals surface area contributed by atoms with Crippen LogP contribution in [0.25, 0.3) is 0 Å². The summed E-state index contributed by atoms with van der Waals surface area (Å²) < 4.78 is 0. The van der Waals surface area contributed by atoms with Crippen molar-refractivity contribution in [1.29, 1.82) is 0 Å². The molecule has 0 aliphatic rings. The number of pyridine rings is 1. The molecule has 1 rings (SSSR count). The first-order valence-electron chi connectivity index (χ1n) is 4.41. The standard InChI is InChI=1S/C8H12N2.C2H6/c1-6(2)7-3-4-10-5-8(7)9;1-2/h3-6H,9H2,1-2H3;1-2H3. The second-order valence-electron chi connectivity index (χ2n) is 2.66. The second kappa shape index (κ2) is 5.58. The van der Waals surface area contributed by atoms with Crippen LogP contribution in [0.1, 0.15) is 39.2 Å². The van der Waals surface area contributed by atoms with Crippen LogP contribution in [0, 0.1) is 0 Å². The predicted octanol–water partition coefficient (Wildman–Crippen LogP) is 2.81. The normalized spacial score (nSPS) is 9.08. The van der Waals surface area contributed by atoms with Gasteiger partial charge in [-0.25, -0.2) is 0 Å². The lowest BCUT2D eigenvalue weighted by Crippen LogP contribution is -1.96. The molecule has 2 nitrogen and oxygen atoms in total. The highest BCUT2D eigenvalue weighted by Crippen LogP contribution is 2.18. The zero-order valence-corrected chi connectivity index (χ0v) is 8.33. The van der Waals surface area contributed by atoms with Crippen LogP contribution in [-0.2, 0) is 0 Å². The van der Waals surface area contributed by atoms with E-state index >= 15 is 0 Å². The maximum Gasteiger partial charge on any atom is 0.0535 e. The lowest BCUT2D eigenvalue weighted by Gasteiger charge is -2.06. The molecule has 0 atom stereocenters. The molecule has 1 aromatic heterocycles. The molecule has 1 aromatic rings. The average molecular weight is 166 g/mol. The van der Waals surface area contributed by atoms with Gasteiger partial charge in [0.15, 0.2) is 0 Å². The van der Waals surface area contributed by atoms with E-state index in [1.807, 2.05) is 19.9 Å². The molecule has 0 amide bonds. The van der Waals surface area contributed by atoms with Gasteiger partial charge in [-0.2, -0.15) is 0 Å². The molecule has 0 spiro atoms. The summed E-state index contributed by atoms with van der Waals surface area (Å²) in [5.74, 6) is 0.489. The van der Waals surface area contributed by atoms with Gasteiger partial charge >= 0.3 is 0 Å². The van der Waals surface area contributed by atoms with E-state index in [1.54, 1.807) is 12.4 Å². The highest BCUT2D eigenvalue weighted by Gasteiger charge is 2.01. The Morgan fingerprint density at radius 2 is 1.92 bits per heavy atom. The van der Waals surface area contributed by atoms with Gasteiger partial charge < -0.3 is 5.73 Å². The fourth-order valence-electron chi connectivity index (χ4n) is 0.943. The number of nitrogen functional groups attached to an aromatic ring is 1. The number of rotatable bonds is 1. The van der Waals surface area contributed by atoms with Crippen LogP contribution in [0.15, 0.2) is 18.5 Å². The van der Waals surface area contributed by atoms with Gasteiger partial charge in [0.05, 0.1) is 11.9 Å². The minimum Gasteiger partial charge on any atom is -0.397 e. The third-order valence-electron chi connectivity index (χ3n) is 1.51. The summed E-state index contributed by atoms with van der Waals surface area (Å²) in [4.78, 5) is 3.90. The Morgan fingerprint density at radius 1 is 1.33 bits per heavy atom. The van der Waals surface area contributed by atoms with Crippen LogP contribution in [0.3, 0.4) is 0 Å². The van der Waals surface area contributed by atoms with Gasteiger partial charge in [-0.15, -0.1) is 0 Å². The first kappa shape index (κ1) is 11.0. The number of aromatic nitrogens is 1. The maximum absolute atomic E-state index is 5.66. The molecule has 0 aliphatic heterocycles. The van der Waals surface area contributed by atoms with Crippen molar-refractivity contribution in [2.24, 2.45) is 0 Å². The van der Waals surface area contributed by atoms with Gasteiger partial charge in [0.2, 0.25) is 0 Å². The Kier molecular flexibility index (Phi) is 5.09. The van der Waals surface area contributed by atoms with Crippen LogP contribution in [0.5, 0.6) is 0 Å². The summed E-state index contributed by atoms with van der Waals surface area (Å²) in [5, 5.41) is 0. The summed E-state index contributed by atoms with van der Waals surface area (Å²) in [6, 6.07) is 1.96. The Morgan fingerprint density at radius 3 is 2.25 bits per heavy atom. The van der Waals surface area contributed by atoms with Gasteiger partial charge in [-0.3, -0.25) is 4.98 Å². The van der Waals surface area contributed by atoms with E-state index < -0.39 is 0 Å². The molecular formula is C10H18N2. The fourth-order valence-corrected chi connectivity index (χ4v) is 0.943. The maximum atomic E-state index is 5.66. The highest BCUT2D eigenvalue weighted by molar-refractivity contribution is 5.45. The summed E-state index contributed by atoms with van der Waals surface area (Å²) >= 11 is 0. The highest BCUT2D eigenvalue weighted by atomic mass is 14.7. The molecule has 0 saturated heterocycles. The lowest BCUT2D eigenvalue weighted by atomic mass is 10.0. The van der Waals surface area contributed by atoms with Gasteiger partial charge in [-0.1, -0.05) is 27.7 Å². The molecule has 0 fully saturated rings. The molecular weight excluding hydrogens is 148 g/mol. The van der Waals surface area contributed by atoms with Crippen molar-refractivity contribution in [3.63, 3.8) is 0 Å². The van der Waals surface area contributed by atoms with E-state index in [0.29, 0.717) is 5.92 Å². The largest absolute Gasteiger partial charge is 0.397 e. The number of nitrogens with two attached hydrogens (primary N) is 1. The summed E-state index contributed by atoms with van der Waals surface area (Å²) in [6.07, 6.45) is 3.46. The Balaban J connectivity index is 0.000000561. The van der Waals surface area contributed by atoms with Crippen LogP contribution >= 0.6 is 0 Å². The third kappa shape index (κ3) is 2.91. The monoisotopic (exact) mass is 166 g/mol. The van der Waals surface area contributed by atoms with Crippen molar-refractivity contribution in [2.45, 2.75) is 33.6 Å². The topological polar surface area (TPSA) is 38.9 Å². The quantitative estimate of drug-likeness (QED) is 0.696. The van der Waals surface area contributed by atoms with Crippen LogP contribution in [0.2, 0.25) is 0 Å². The van der Waals surface area contributed by atoms with Gasteiger partial charge in [0.25, 0.3) is 0 Å².